The van der Waals surface area contributed by atoms with E-state index in [4.69, 9.17) is 0 Å². The monoisotopic (exact) mass is 394 g/mol. The van der Waals surface area contributed by atoms with Crippen LogP contribution in [0.2, 0.25) is 0 Å². The second-order valence-corrected chi connectivity index (χ2v) is 6.50. The predicted molar refractivity (Wildman–Crippen MR) is 102 cm³/mol. The molecule has 9 nitrogen and oxygen atoms in total. The van der Waals surface area contributed by atoms with Crippen molar-refractivity contribution in [1.29, 1.82) is 0 Å². The molecule has 146 valence electrons. The van der Waals surface area contributed by atoms with Crippen LogP contribution >= 0.6 is 12.4 Å². The number of carbonyl (C=O) groups is 1. The highest BCUT2D eigenvalue weighted by molar-refractivity contribution is 5.93. The van der Waals surface area contributed by atoms with Crippen molar-refractivity contribution >= 4 is 24.0 Å². The molecular weight excluding hydrogens is 372 g/mol. The van der Waals surface area contributed by atoms with E-state index >= 15 is 0 Å². The molecule has 1 fully saturated rings. The Kier molecular flexibility index (Phi) is 6.86. The number of hydrogen-bond donors (Lipinski definition) is 2. The summed E-state index contributed by atoms with van der Waals surface area (Å²) in [6.07, 6.45) is 1.91. The van der Waals surface area contributed by atoms with E-state index in [0.29, 0.717) is 11.3 Å². The summed E-state index contributed by atoms with van der Waals surface area (Å²) < 4.78 is 1.83. The minimum Gasteiger partial charge on any atom is -0.344 e. The maximum absolute atomic E-state index is 12.6. The number of non-ortho nitro benzene ring substituents is 1. The van der Waals surface area contributed by atoms with Gasteiger partial charge in [-0.1, -0.05) is 17.3 Å². The Labute approximate surface area is 163 Å². The van der Waals surface area contributed by atoms with E-state index in [2.05, 4.69) is 20.9 Å². The van der Waals surface area contributed by atoms with E-state index in [-0.39, 0.29) is 36.1 Å². The lowest BCUT2D eigenvalue weighted by atomic mass is 10.1. The van der Waals surface area contributed by atoms with Gasteiger partial charge in [-0.3, -0.25) is 14.9 Å². The number of hydrogen-bond acceptors (Lipinski definition) is 6. The number of aromatic nitrogens is 3. The molecule has 0 bridgehead atoms. The van der Waals surface area contributed by atoms with Crippen LogP contribution in [-0.4, -0.2) is 38.9 Å². The molecular formula is C17H23ClN6O3. The molecule has 2 heterocycles. The van der Waals surface area contributed by atoms with Crippen molar-refractivity contribution in [2.45, 2.75) is 38.8 Å². The van der Waals surface area contributed by atoms with Gasteiger partial charge in [-0.25, -0.2) is 4.68 Å². The van der Waals surface area contributed by atoms with Gasteiger partial charge in [0, 0.05) is 12.1 Å². The summed E-state index contributed by atoms with van der Waals surface area (Å²) in [6.45, 7) is 5.48. The van der Waals surface area contributed by atoms with Crippen molar-refractivity contribution in [2.24, 2.45) is 0 Å². The van der Waals surface area contributed by atoms with E-state index in [0.717, 1.165) is 31.6 Å². The number of nitro groups is 1. The third-order valence-corrected chi connectivity index (χ3v) is 4.73. The maximum atomic E-state index is 12.6. The fourth-order valence-corrected chi connectivity index (χ4v) is 3.20. The first-order chi connectivity index (χ1) is 12.5. The zero-order chi connectivity index (χ0) is 18.7. The largest absolute Gasteiger partial charge is 0.344 e. The molecule has 3 rings (SSSR count). The first-order valence-electron chi connectivity index (χ1n) is 8.65. The van der Waals surface area contributed by atoms with Gasteiger partial charge in [0.05, 0.1) is 22.7 Å². The van der Waals surface area contributed by atoms with E-state index in [1.165, 1.54) is 12.1 Å². The lowest BCUT2D eigenvalue weighted by molar-refractivity contribution is -0.384. The number of nitrogens with one attached hydrogen (secondary N) is 2. The Balaban J connectivity index is 0.00000261. The molecule has 0 spiro atoms. The van der Waals surface area contributed by atoms with Crippen LogP contribution in [-0.2, 0) is 0 Å². The van der Waals surface area contributed by atoms with Crippen molar-refractivity contribution < 1.29 is 9.72 Å². The molecule has 1 unspecified atom stereocenters. The minimum atomic E-state index is -0.452. The minimum absolute atomic E-state index is 0. The van der Waals surface area contributed by atoms with Gasteiger partial charge in [-0.2, -0.15) is 0 Å². The maximum Gasteiger partial charge on any atom is 0.274 e. The Morgan fingerprint density at radius 3 is 2.78 bits per heavy atom. The Bertz CT molecular complexity index is 819. The van der Waals surface area contributed by atoms with Gasteiger partial charge in [0.25, 0.3) is 11.6 Å². The molecule has 2 aromatic rings. The molecule has 1 aromatic heterocycles. The highest BCUT2D eigenvalue weighted by Crippen LogP contribution is 2.22. The number of amides is 1. The lowest BCUT2D eigenvalue weighted by Crippen LogP contribution is -2.31. The number of halogens is 1. The van der Waals surface area contributed by atoms with E-state index < -0.39 is 4.92 Å². The highest BCUT2D eigenvalue weighted by Gasteiger charge is 2.24. The van der Waals surface area contributed by atoms with Gasteiger partial charge < -0.3 is 10.6 Å². The number of nitro benzene ring substituents is 1. The normalized spacial score (nSPS) is 15.6. The first-order valence-corrected chi connectivity index (χ1v) is 8.65. The van der Waals surface area contributed by atoms with Crippen molar-refractivity contribution in [3.63, 3.8) is 0 Å². The van der Waals surface area contributed by atoms with Gasteiger partial charge in [-0.15, -0.1) is 17.5 Å². The average Bonchev–Trinajstić information content (AvgIpc) is 3.04. The van der Waals surface area contributed by atoms with Crippen molar-refractivity contribution in [2.75, 3.05) is 13.1 Å². The van der Waals surface area contributed by atoms with Crippen molar-refractivity contribution in [1.82, 2.24) is 25.6 Å². The van der Waals surface area contributed by atoms with Crippen LogP contribution in [0.25, 0.3) is 0 Å². The number of carbonyl (C=O) groups excluding carboxylic acids is 1. The van der Waals surface area contributed by atoms with Gasteiger partial charge >= 0.3 is 0 Å². The zero-order valence-electron chi connectivity index (χ0n) is 15.2. The Morgan fingerprint density at radius 1 is 1.41 bits per heavy atom. The Hall–Kier alpha value is -2.52. The summed E-state index contributed by atoms with van der Waals surface area (Å²) in [4.78, 5) is 23.0. The summed E-state index contributed by atoms with van der Waals surface area (Å²) in [5.41, 5.74) is 1.69. The first kappa shape index (κ1) is 20.8. The highest BCUT2D eigenvalue weighted by atomic mass is 35.5. The van der Waals surface area contributed by atoms with Gasteiger partial charge in [0.15, 0.2) is 5.69 Å². The van der Waals surface area contributed by atoms with E-state index in [1.807, 2.05) is 11.6 Å². The molecule has 1 atom stereocenters. The van der Waals surface area contributed by atoms with Crippen molar-refractivity contribution in [3.8, 4) is 0 Å². The van der Waals surface area contributed by atoms with Gasteiger partial charge in [0.2, 0.25) is 0 Å². The Morgan fingerprint density at radius 2 is 2.11 bits per heavy atom. The topological polar surface area (TPSA) is 115 Å². The second-order valence-electron chi connectivity index (χ2n) is 6.50. The van der Waals surface area contributed by atoms with Gasteiger partial charge in [-0.05, 0) is 45.3 Å². The second kappa shape index (κ2) is 8.92. The number of nitrogens with zero attached hydrogens (tertiary/aromatic N) is 4. The van der Waals surface area contributed by atoms with Crippen LogP contribution in [0.4, 0.5) is 5.69 Å². The van der Waals surface area contributed by atoms with Crippen LogP contribution < -0.4 is 10.6 Å². The van der Waals surface area contributed by atoms with Crippen molar-refractivity contribution in [3.05, 3.63) is 51.3 Å². The van der Waals surface area contributed by atoms with Crippen LogP contribution in [0, 0.1) is 17.0 Å². The van der Waals surface area contributed by atoms with Crippen LogP contribution in [0.5, 0.6) is 0 Å². The molecule has 1 aliphatic rings. The SMILES string of the molecule is Cc1c(C(=O)NC(C)c2cccc([N+](=O)[O-])c2)nnn1C1CCNCC1.Cl. The quantitative estimate of drug-likeness (QED) is 0.594. The van der Waals surface area contributed by atoms with E-state index in [1.54, 1.807) is 19.1 Å². The number of piperidine rings is 1. The molecule has 2 N–H and O–H groups in total. The standard InChI is InChI=1S/C17H22N6O3.ClH/c1-11(13-4-3-5-15(10-13)23(25)26)19-17(24)16-12(2)22(21-20-16)14-6-8-18-9-7-14;/h3-5,10-11,14,18H,6-9H2,1-2H3,(H,19,24);1H. The molecule has 1 aliphatic heterocycles. The number of benzene rings is 1. The average molecular weight is 395 g/mol. The summed E-state index contributed by atoms with van der Waals surface area (Å²) in [6, 6.07) is 6.10. The molecule has 1 amide bonds. The predicted octanol–water partition coefficient (Wildman–Crippen LogP) is 2.33. The smallest absolute Gasteiger partial charge is 0.274 e. The molecule has 0 radical (unpaired) electrons. The summed E-state index contributed by atoms with van der Waals surface area (Å²) in [5, 5.41) is 25.3. The third-order valence-electron chi connectivity index (χ3n) is 4.73. The molecule has 0 aliphatic carbocycles. The summed E-state index contributed by atoms with van der Waals surface area (Å²) in [5.74, 6) is -0.332. The zero-order valence-corrected chi connectivity index (χ0v) is 16.0. The fourth-order valence-electron chi connectivity index (χ4n) is 3.20. The fraction of sp³-hybridized carbons (Fsp3) is 0.471. The summed E-state index contributed by atoms with van der Waals surface area (Å²) >= 11 is 0. The molecule has 1 aromatic carbocycles. The lowest BCUT2D eigenvalue weighted by Gasteiger charge is -2.23. The molecule has 10 heteroatoms. The number of rotatable bonds is 5. The molecule has 1 saturated heterocycles. The van der Waals surface area contributed by atoms with Crippen LogP contribution in [0.15, 0.2) is 24.3 Å². The van der Waals surface area contributed by atoms with E-state index in [9.17, 15) is 14.9 Å². The van der Waals surface area contributed by atoms with Gasteiger partial charge in [0.1, 0.15) is 0 Å². The molecule has 27 heavy (non-hydrogen) atoms. The van der Waals surface area contributed by atoms with Crippen LogP contribution in [0.1, 0.15) is 53.6 Å². The van der Waals surface area contributed by atoms with Crippen LogP contribution in [0.3, 0.4) is 0 Å². The summed E-state index contributed by atoms with van der Waals surface area (Å²) in [7, 11) is 0. The third kappa shape index (κ3) is 4.61. The molecule has 0 saturated carbocycles.